The summed E-state index contributed by atoms with van der Waals surface area (Å²) in [6, 6.07) is 6.44. The van der Waals surface area contributed by atoms with E-state index in [1.807, 2.05) is 12.1 Å². The van der Waals surface area contributed by atoms with Gasteiger partial charge in [-0.25, -0.2) is 0 Å². The van der Waals surface area contributed by atoms with Gasteiger partial charge in [0.15, 0.2) is 0 Å². The molecule has 0 aromatic heterocycles. The van der Waals surface area contributed by atoms with E-state index >= 15 is 0 Å². The van der Waals surface area contributed by atoms with Crippen LogP contribution in [0.5, 0.6) is 11.5 Å². The molecule has 1 N–H and O–H groups in total. The summed E-state index contributed by atoms with van der Waals surface area (Å²) >= 11 is 0. The van der Waals surface area contributed by atoms with Crippen molar-refractivity contribution >= 4 is 0 Å². The molecule has 1 atom stereocenters. The van der Waals surface area contributed by atoms with Crippen LogP contribution >= 0.6 is 0 Å². The van der Waals surface area contributed by atoms with E-state index in [0.717, 1.165) is 37.3 Å². The Morgan fingerprint density at radius 1 is 1.29 bits per heavy atom. The fourth-order valence-corrected chi connectivity index (χ4v) is 3.19. The van der Waals surface area contributed by atoms with Gasteiger partial charge in [-0.3, -0.25) is 0 Å². The lowest BCUT2D eigenvalue weighted by molar-refractivity contribution is 0.0219. The highest BCUT2D eigenvalue weighted by atomic mass is 16.5. The summed E-state index contributed by atoms with van der Waals surface area (Å²) in [6.07, 6.45) is 5.49. The van der Waals surface area contributed by atoms with Crippen LogP contribution in [-0.2, 0) is 0 Å². The Morgan fingerprint density at radius 3 is 2.67 bits per heavy atom. The summed E-state index contributed by atoms with van der Waals surface area (Å²) in [5.74, 6) is 1.92. The highest BCUT2D eigenvalue weighted by molar-refractivity contribution is 5.49. The predicted octanol–water partition coefficient (Wildman–Crippen LogP) is 4.47. The second kappa shape index (κ2) is 7.17. The minimum atomic E-state index is -0.0523. The van der Waals surface area contributed by atoms with Gasteiger partial charge in [-0.15, -0.1) is 0 Å². The molecule has 118 valence electrons. The van der Waals surface area contributed by atoms with Gasteiger partial charge in [-0.1, -0.05) is 33.3 Å². The Labute approximate surface area is 129 Å². The normalized spacial score (nSPS) is 19.7. The first-order valence-electron chi connectivity index (χ1n) is 8.29. The van der Waals surface area contributed by atoms with Gasteiger partial charge < -0.3 is 14.8 Å². The van der Waals surface area contributed by atoms with Crippen molar-refractivity contribution in [2.75, 3.05) is 13.7 Å². The molecule has 3 nitrogen and oxygen atoms in total. The van der Waals surface area contributed by atoms with Gasteiger partial charge >= 0.3 is 0 Å². The van der Waals surface area contributed by atoms with E-state index in [4.69, 9.17) is 9.47 Å². The Kier molecular flexibility index (Phi) is 5.51. The summed E-state index contributed by atoms with van der Waals surface area (Å²) in [4.78, 5) is 0. The van der Waals surface area contributed by atoms with Gasteiger partial charge in [-0.05, 0) is 37.9 Å². The minimum absolute atomic E-state index is 0.0523. The van der Waals surface area contributed by atoms with Crippen molar-refractivity contribution in [1.29, 1.82) is 0 Å². The van der Waals surface area contributed by atoms with Crippen molar-refractivity contribution < 1.29 is 9.47 Å². The van der Waals surface area contributed by atoms with Gasteiger partial charge in [0.25, 0.3) is 0 Å². The fourth-order valence-electron chi connectivity index (χ4n) is 3.19. The third kappa shape index (κ3) is 3.34. The Morgan fingerprint density at radius 2 is 2.05 bits per heavy atom. The average molecular weight is 291 g/mol. The van der Waals surface area contributed by atoms with Crippen LogP contribution in [0, 0.1) is 0 Å². The maximum Gasteiger partial charge on any atom is 0.128 e. The maximum atomic E-state index is 6.38. The molecule has 1 aliphatic rings. The highest BCUT2D eigenvalue weighted by Gasteiger charge is 2.39. The quantitative estimate of drug-likeness (QED) is 0.752. The van der Waals surface area contributed by atoms with Gasteiger partial charge in [0, 0.05) is 12.5 Å². The van der Waals surface area contributed by atoms with Crippen LogP contribution in [0.1, 0.15) is 64.5 Å². The number of fused-ring (bicyclic) bond motifs is 1. The second-order valence-electron chi connectivity index (χ2n) is 5.93. The Hall–Kier alpha value is -1.22. The lowest BCUT2D eigenvalue weighted by atomic mass is 9.83. The van der Waals surface area contributed by atoms with Crippen LogP contribution < -0.4 is 14.8 Å². The van der Waals surface area contributed by atoms with Crippen LogP contribution in [0.25, 0.3) is 0 Å². The molecule has 0 saturated heterocycles. The van der Waals surface area contributed by atoms with Gasteiger partial charge in [0.05, 0.1) is 12.7 Å². The number of rotatable bonds is 7. The van der Waals surface area contributed by atoms with E-state index < -0.39 is 0 Å². The molecule has 0 aliphatic carbocycles. The molecular weight excluding hydrogens is 262 g/mol. The van der Waals surface area contributed by atoms with E-state index in [1.54, 1.807) is 7.11 Å². The molecule has 1 heterocycles. The maximum absolute atomic E-state index is 6.38. The minimum Gasteiger partial charge on any atom is -0.496 e. The summed E-state index contributed by atoms with van der Waals surface area (Å²) < 4.78 is 11.9. The fraction of sp³-hybridized carbons (Fsp3) is 0.667. The number of hydrogen-bond donors (Lipinski definition) is 1. The van der Waals surface area contributed by atoms with Crippen molar-refractivity contribution in [2.24, 2.45) is 0 Å². The van der Waals surface area contributed by atoms with Crippen LogP contribution in [0.4, 0.5) is 0 Å². The predicted molar refractivity (Wildman–Crippen MR) is 87.2 cm³/mol. The molecule has 3 heteroatoms. The smallest absolute Gasteiger partial charge is 0.128 e. The molecule has 0 fully saturated rings. The second-order valence-corrected chi connectivity index (χ2v) is 5.93. The van der Waals surface area contributed by atoms with Gasteiger partial charge in [-0.2, -0.15) is 0 Å². The molecular formula is C18H29NO2. The Balaban J connectivity index is 2.33. The molecule has 0 radical (unpaired) electrons. The number of benzene rings is 1. The summed E-state index contributed by atoms with van der Waals surface area (Å²) in [7, 11) is 1.74. The van der Waals surface area contributed by atoms with Crippen LogP contribution in [0.3, 0.4) is 0 Å². The molecule has 0 spiro atoms. The molecule has 21 heavy (non-hydrogen) atoms. The Bertz CT molecular complexity index is 455. The third-order valence-corrected chi connectivity index (χ3v) is 4.71. The molecule has 1 aromatic rings. The molecule has 0 bridgehead atoms. The standard InChI is InChI=1S/C18H29NO2/c1-5-8-12-19-14-13-18(6-2,7-3)21-16-11-9-10-15(20-4)17(14)16/h9-11,14,19H,5-8,12-13H2,1-4H3. The zero-order chi connectivity index (χ0) is 15.3. The van der Waals surface area contributed by atoms with Crippen molar-refractivity contribution in [1.82, 2.24) is 5.32 Å². The van der Waals surface area contributed by atoms with Crippen molar-refractivity contribution in [3.05, 3.63) is 23.8 Å². The van der Waals surface area contributed by atoms with E-state index in [2.05, 4.69) is 32.2 Å². The summed E-state index contributed by atoms with van der Waals surface area (Å²) in [6.45, 7) is 7.71. The number of unbranched alkanes of at least 4 members (excludes halogenated alkanes) is 1. The lowest BCUT2D eigenvalue weighted by Crippen LogP contribution is -2.43. The van der Waals surface area contributed by atoms with Gasteiger partial charge in [0.2, 0.25) is 0 Å². The molecule has 2 rings (SSSR count). The number of methoxy groups -OCH3 is 1. The van der Waals surface area contributed by atoms with E-state index in [9.17, 15) is 0 Å². The SMILES string of the molecule is CCCCNC1CC(CC)(CC)Oc2cccc(OC)c21. The van der Waals surface area contributed by atoms with Crippen LogP contribution in [0.2, 0.25) is 0 Å². The summed E-state index contributed by atoms with van der Waals surface area (Å²) in [5.41, 5.74) is 1.14. The van der Waals surface area contributed by atoms with Crippen LogP contribution in [0.15, 0.2) is 18.2 Å². The number of nitrogens with one attached hydrogen (secondary N) is 1. The first-order valence-corrected chi connectivity index (χ1v) is 8.29. The van der Waals surface area contributed by atoms with E-state index in [-0.39, 0.29) is 5.60 Å². The molecule has 1 unspecified atom stereocenters. The number of ether oxygens (including phenoxy) is 2. The number of hydrogen-bond acceptors (Lipinski definition) is 3. The van der Waals surface area contributed by atoms with Crippen molar-refractivity contribution in [3.63, 3.8) is 0 Å². The van der Waals surface area contributed by atoms with Crippen molar-refractivity contribution in [3.8, 4) is 11.5 Å². The zero-order valence-electron chi connectivity index (χ0n) is 13.9. The largest absolute Gasteiger partial charge is 0.496 e. The average Bonchev–Trinajstić information content (AvgIpc) is 2.54. The van der Waals surface area contributed by atoms with E-state index in [0.29, 0.717) is 6.04 Å². The first kappa shape index (κ1) is 16.2. The third-order valence-electron chi connectivity index (χ3n) is 4.71. The first-order chi connectivity index (χ1) is 10.2. The molecule has 1 aliphatic heterocycles. The van der Waals surface area contributed by atoms with E-state index in [1.165, 1.54) is 18.4 Å². The zero-order valence-corrected chi connectivity index (χ0v) is 13.9. The molecule has 1 aromatic carbocycles. The van der Waals surface area contributed by atoms with Crippen molar-refractivity contribution in [2.45, 2.75) is 64.5 Å². The van der Waals surface area contributed by atoms with Gasteiger partial charge in [0.1, 0.15) is 17.1 Å². The van der Waals surface area contributed by atoms with Crippen LogP contribution in [-0.4, -0.2) is 19.3 Å². The molecule has 0 amide bonds. The monoisotopic (exact) mass is 291 g/mol. The lowest BCUT2D eigenvalue weighted by Gasteiger charge is -2.42. The topological polar surface area (TPSA) is 30.5 Å². The highest BCUT2D eigenvalue weighted by Crippen LogP contribution is 2.46. The summed E-state index contributed by atoms with van der Waals surface area (Å²) in [5, 5.41) is 3.72. The molecule has 0 saturated carbocycles.